The quantitative estimate of drug-likeness (QED) is 0.516. The molecule has 0 amide bonds. The summed E-state index contributed by atoms with van der Waals surface area (Å²) in [5.74, 6) is -1.97. The van der Waals surface area contributed by atoms with Gasteiger partial charge >= 0.3 is 12.4 Å². The summed E-state index contributed by atoms with van der Waals surface area (Å²) in [4.78, 5) is 0. The first-order chi connectivity index (χ1) is 7.52. The fourth-order valence-corrected chi connectivity index (χ4v) is 3.36. The van der Waals surface area contributed by atoms with Gasteiger partial charge in [-0.1, -0.05) is 0 Å². The van der Waals surface area contributed by atoms with E-state index in [1.165, 1.54) is 0 Å². The molecule has 9 heteroatoms. The number of alkyl halides is 8. The second kappa shape index (κ2) is 3.40. The van der Waals surface area contributed by atoms with E-state index in [0.717, 1.165) is 0 Å². The minimum atomic E-state index is -5.50. The highest BCUT2D eigenvalue weighted by molar-refractivity contribution is 6.21. The van der Waals surface area contributed by atoms with Gasteiger partial charge in [-0.2, -0.15) is 26.3 Å². The lowest BCUT2D eigenvalue weighted by Crippen LogP contribution is -3.07. The third-order valence-electron chi connectivity index (χ3n) is 3.63. The van der Waals surface area contributed by atoms with Crippen molar-refractivity contribution in [2.24, 2.45) is 5.92 Å². The minimum Gasteiger partial charge on any atom is -0.320 e. The Hall–Kier alpha value is -0.240. The van der Waals surface area contributed by atoms with Crippen LogP contribution in [0.15, 0.2) is 0 Å². The van der Waals surface area contributed by atoms with Crippen molar-refractivity contribution in [1.82, 2.24) is 0 Å². The Bertz CT molecular complexity index is 311. The van der Waals surface area contributed by atoms with Crippen molar-refractivity contribution in [1.29, 1.82) is 0 Å². The Morgan fingerprint density at radius 3 is 1.76 bits per heavy atom. The normalized spacial score (nSPS) is 40.9. The van der Waals surface area contributed by atoms with Crippen molar-refractivity contribution in [3.63, 3.8) is 0 Å². The fraction of sp³-hybridized carbons (Fsp3) is 1.00. The predicted octanol–water partition coefficient (Wildman–Crippen LogP) is 1.76. The number of hydrogen-bond acceptors (Lipinski definition) is 0. The van der Waals surface area contributed by atoms with E-state index in [9.17, 15) is 30.7 Å². The van der Waals surface area contributed by atoms with Gasteiger partial charge in [-0.25, -0.2) is 4.39 Å². The van der Waals surface area contributed by atoms with E-state index in [4.69, 9.17) is 11.6 Å². The van der Waals surface area contributed by atoms with Crippen LogP contribution < -0.4 is 5.32 Å². The molecule has 0 radical (unpaired) electrons. The van der Waals surface area contributed by atoms with Gasteiger partial charge in [0.25, 0.3) is 5.54 Å². The molecule has 2 fully saturated rings. The molecule has 4 atom stereocenters. The van der Waals surface area contributed by atoms with Crippen LogP contribution in [0.25, 0.3) is 0 Å². The van der Waals surface area contributed by atoms with Crippen molar-refractivity contribution in [3.05, 3.63) is 0 Å². The lowest BCUT2D eigenvalue weighted by Gasteiger charge is -2.37. The predicted molar refractivity (Wildman–Crippen MR) is 43.2 cm³/mol. The van der Waals surface area contributed by atoms with E-state index in [1.54, 1.807) is 0 Å². The molecular weight excluding hydrogens is 279 g/mol. The zero-order chi connectivity index (χ0) is 13.2. The molecule has 1 aliphatic heterocycles. The fourth-order valence-electron chi connectivity index (χ4n) is 2.83. The molecule has 0 aromatic rings. The lowest BCUT2D eigenvalue weighted by atomic mass is 9.82. The summed E-state index contributed by atoms with van der Waals surface area (Å²) < 4.78 is 89.6. The zero-order valence-electron chi connectivity index (χ0n) is 8.12. The summed E-state index contributed by atoms with van der Waals surface area (Å²) in [5.41, 5.74) is -3.96. The molecule has 2 bridgehead atoms. The van der Waals surface area contributed by atoms with Crippen molar-refractivity contribution < 1.29 is 36.0 Å². The topological polar surface area (TPSA) is 16.6 Å². The van der Waals surface area contributed by atoms with Gasteiger partial charge in [0, 0.05) is 0 Å². The average Bonchev–Trinajstić information content (AvgIpc) is 2.53. The Balaban J connectivity index is 2.48. The SMILES string of the molecule is FC1CC2C(Cl)C1[NH2+]C2(C(F)(F)F)C(F)(F)F. The third-order valence-corrected chi connectivity index (χ3v) is 4.22. The number of nitrogens with two attached hydrogens (primary N) is 1. The maximum atomic E-state index is 13.1. The first-order valence-electron chi connectivity index (χ1n) is 4.80. The minimum absolute atomic E-state index is 0.0174. The molecule has 2 aliphatic rings. The summed E-state index contributed by atoms with van der Waals surface area (Å²) in [5, 5.41) is -1.43. The number of halogens is 8. The van der Waals surface area contributed by atoms with E-state index < -0.39 is 47.8 Å². The van der Waals surface area contributed by atoms with Crippen LogP contribution in [0.2, 0.25) is 0 Å². The number of rotatable bonds is 0. The van der Waals surface area contributed by atoms with Crippen molar-refractivity contribution in [2.45, 2.75) is 41.9 Å². The molecule has 17 heavy (non-hydrogen) atoms. The number of hydrogen-bond donors (Lipinski definition) is 1. The highest BCUT2D eigenvalue weighted by Gasteiger charge is 2.85. The molecule has 0 spiro atoms. The van der Waals surface area contributed by atoms with Gasteiger partial charge in [-0.15, -0.1) is 11.6 Å². The molecule has 100 valence electrons. The molecule has 4 unspecified atom stereocenters. The Morgan fingerprint density at radius 1 is 1.06 bits per heavy atom. The number of quaternary nitrogens is 1. The van der Waals surface area contributed by atoms with Crippen LogP contribution in [-0.4, -0.2) is 35.5 Å². The van der Waals surface area contributed by atoms with Gasteiger partial charge in [0.15, 0.2) is 6.17 Å². The van der Waals surface area contributed by atoms with Gasteiger partial charge in [-0.05, 0) is 6.42 Å². The second-order valence-electron chi connectivity index (χ2n) is 4.41. The Morgan fingerprint density at radius 2 is 1.53 bits per heavy atom. The maximum Gasteiger partial charge on any atom is 0.454 e. The summed E-state index contributed by atoms with van der Waals surface area (Å²) in [6, 6.07) is -1.48. The van der Waals surface area contributed by atoms with Gasteiger partial charge in [0.05, 0.1) is 11.3 Å². The standard InChI is InChI=1S/C8H7ClF7N/c9-4-2-1-3(10)5(4)17-6(2,7(11,12)13)8(14,15)16/h2-5,17H,1H2/p+1. The smallest absolute Gasteiger partial charge is 0.320 e. The Kier molecular flexibility index (Phi) is 2.64. The molecule has 1 nitrogen and oxygen atoms in total. The number of fused-ring (bicyclic) bond motifs is 2. The van der Waals surface area contributed by atoms with E-state index in [0.29, 0.717) is 0 Å². The van der Waals surface area contributed by atoms with E-state index >= 15 is 0 Å². The van der Waals surface area contributed by atoms with Crippen LogP contribution in [0.4, 0.5) is 30.7 Å². The molecule has 1 aliphatic carbocycles. The summed E-state index contributed by atoms with van der Waals surface area (Å²) in [6.45, 7) is 0. The van der Waals surface area contributed by atoms with Crippen LogP contribution in [0.1, 0.15) is 6.42 Å². The van der Waals surface area contributed by atoms with E-state index in [-0.39, 0.29) is 5.32 Å². The van der Waals surface area contributed by atoms with Crippen LogP contribution in [0.5, 0.6) is 0 Å². The average molecular weight is 287 g/mol. The van der Waals surface area contributed by atoms with Crippen LogP contribution >= 0.6 is 11.6 Å². The highest BCUT2D eigenvalue weighted by atomic mass is 35.5. The maximum absolute atomic E-state index is 13.1. The zero-order valence-corrected chi connectivity index (χ0v) is 8.87. The number of piperidine rings is 1. The molecular formula is C8H8ClF7N+. The lowest BCUT2D eigenvalue weighted by molar-refractivity contribution is -0.798. The highest BCUT2D eigenvalue weighted by Crippen LogP contribution is 2.54. The summed E-state index contributed by atoms with van der Waals surface area (Å²) in [7, 11) is 0. The third kappa shape index (κ3) is 1.49. The summed E-state index contributed by atoms with van der Waals surface area (Å²) >= 11 is 5.50. The first kappa shape index (κ1) is 13.2. The van der Waals surface area contributed by atoms with Gasteiger partial charge < -0.3 is 5.32 Å². The van der Waals surface area contributed by atoms with Gasteiger partial charge in [0.2, 0.25) is 0 Å². The van der Waals surface area contributed by atoms with Crippen LogP contribution in [0.3, 0.4) is 0 Å². The molecule has 1 saturated heterocycles. The summed E-state index contributed by atoms with van der Waals surface area (Å²) in [6.07, 6.45) is -13.5. The van der Waals surface area contributed by atoms with Gasteiger partial charge in [-0.3, -0.25) is 0 Å². The van der Waals surface area contributed by atoms with E-state index in [2.05, 4.69) is 0 Å². The Labute approximate surface area is 96.3 Å². The second-order valence-corrected chi connectivity index (χ2v) is 4.92. The van der Waals surface area contributed by atoms with Crippen LogP contribution in [0, 0.1) is 5.92 Å². The largest absolute Gasteiger partial charge is 0.454 e. The van der Waals surface area contributed by atoms with Crippen molar-refractivity contribution >= 4 is 11.6 Å². The molecule has 2 N–H and O–H groups in total. The molecule has 2 rings (SSSR count). The molecule has 0 aromatic heterocycles. The van der Waals surface area contributed by atoms with Crippen molar-refractivity contribution in [2.75, 3.05) is 0 Å². The van der Waals surface area contributed by atoms with E-state index in [1.807, 2.05) is 0 Å². The van der Waals surface area contributed by atoms with Crippen LogP contribution in [-0.2, 0) is 0 Å². The van der Waals surface area contributed by atoms with Gasteiger partial charge in [0.1, 0.15) is 6.04 Å². The first-order valence-corrected chi connectivity index (χ1v) is 5.23. The molecule has 1 heterocycles. The molecule has 0 aromatic carbocycles. The monoisotopic (exact) mass is 286 g/mol. The molecule has 1 saturated carbocycles. The van der Waals surface area contributed by atoms with Crippen molar-refractivity contribution in [3.8, 4) is 0 Å².